The van der Waals surface area contributed by atoms with Gasteiger partial charge >= 0.3 is 0 Å². The van der Waals surface area contributed by atoms with Crippen molar-refractivity contribution in [2.75, 3.05) is 26.2 Å². The zero-order valence-electron chi connectivity index (χ0n) is 13.7. The lowest BCUT2D eigenvalue weighted by Crippen LogP contribution is -2.47. The first-order valence-corrected chi connectivity index (χ1v) is 8.08. The van der Waals surface area contributed by atoms with Gasteiger partial charge in [-0.25, -0.2) is 4.39 Å². The van der Waals surface area contributed by atoms with E-state index in [0.29, 0.717) is 19.6 Å². The van der Waals surface area contributed by atoms with E-state index in [4.69, 9.17) is 0 Å². The molecule has 5 heteroatoms. The summed E-state index contributed by atoms with van der Waals surface area (Å²) in [6, 6.07) is 11.8. The molecule has 0 aliphatic carbocycles. The van der Waals surface area contributed by atoms with Crippen LogP contribution in [0.4, 0.5) is 4.39 Å². The average Bonchev–Trinajstić information content (AvgIpc) is 2.58. The van der Waals surface area contributed by atoms with Crippen LogP contribution in [0.3, 0.4) is 0 Å². The molecule has 2 aromatic rings. The maximum atomic E-state index is 13.1. The van der Waals surface area contributed by atoms with Gasteiger partial charge in [-0.1, -0.05) is 18.2 Å². The SMILES string of the molecule is CC(=O)N1CCN(Cc2cc(-c3ccc(F)cc3)ccc2O)CC1. The number of phenolic OH excluding ortho intramolecular Hbond substituents is 1. The zero-order valence-corrected chi connectivity index (χ0v) is 13.7. The Kier molecular flexibility index (Phi) is 4.81. The first-order chi connectivity index (χ1) is 11.5. The number of piperazine rings is 1. The van der Waals surface area contributed by atoms with E-state index in [0.717, 1.165) is 29.8 Å². The van der Waals surface area contributed by atoms with Crippen LogP contribution in [0.15, 0.2) is 42.5 Å². The van der Waals surface area contributed by atoms with E-state index in [1.807, 2.05) is 17.0 Å². The van der Waals surface area contributed by atoms with E-state index in [1.54, 1.807) is 25.1 Å². The number of amides is 1. The molecule has 0 unspecified atom stereocenters. The molecule has 0 bridgehead atoms. The second-order valence-corrected chi connectivity index (χ2v) is 6.13. The number of carbonyl (C=O) groups excluding carboxylic acids is 1. The van der Waals surface area contributed by atoms with Gasteiger partial charge in [0.25, 0.3) is 0 Å². The van der Waals surface area contributed by atoms with Crippen LogP contribution in [0.25, 0.3) is 11.1 Å². The Bertz CT molecular complexity index is 723. The Morgan fingerprint density at radius 1 is 1.04 bits per heavy atom. The summed E-state index contributed by atoms with van der Waals surface area (Å²) >= 11 is 0. The van der Waals surface area contributed by atoms with Crippen molar-refractivity contribution in [2.24, 2.45) is 0 Å². The summed E-state index contributed by atoms with van der Waals surface area (Å²) in [4.78, 5) is 15.4. The van der Waals surface area contributed by atoms with Gasteiger partial charge in [-0.15, -0.1) is 0 Å². The number of nitrogens with zero attached hydrogens (tertiary/aromatic N) is 2. The molecular weight excluding hydrogens is 307 g/mol. The summed E-state index contributed by atoms with van der Waals surface area (Å²) in [5, 5.41) is 10.1. The van der Waals surface area contributed by atoms with Crippen LogP contribution in [-0.2, 0) is 11.3 Å². The third-order valence-electron chi connectivity index (χ3n) is 4.47. The van der Waals surface area contributed by atoms with Gasteiger partial charge in [0.05, 0.1) is 0 Å². The van der Waals surface area contributed by atoms with Gasteiger partial charge in [-0.05, 0) is 35.4 Å². The van der Waals surface area contributed by atoms with Crippen molar-refractivity contribution in [3.8, 4) is 16.9 Å². The number of hydrogen-bond acceptors (Lipinski definition) is 3. The minimum absolute atomic E-state index is 0.107. The van der Waals surface area contributed by atoms with Crippen molar-refractivity contribution in [3.05, 3.63) is 53.8 Å². The zero-order chi connectivity index (χ0) is 17.1. The predicted molar refractivity (Wildman–Crippen MR) is 91.0 cm³/mol. The molecule has 1 aliphatic heterocycles. The topological polar surface area (TPSA) is 43.8 Å². The molecule has 1 heterocycles. The minimum atomic E-state index is -0.263. The number of carbonyl (C=O) groups is 1. The molecule has 0 aromatic heterocycles. The van der Waals surface area contributed by atoms with E-state index in [-0.39, 0.29) is 17.5 Å². The molecule has 0 saturated carbocycles. The summed E-state index contributed by atoms with van der Waals surface area (Å²) in [6.45, 7) is 5.24. The van der Waals surface area contributed by atoms with E-state index < -0.39 is 0 Å². The highest BCUT2D eigenvalue weighted by Gasteiger charge is 2.19. The molecule has 1 fully saturated rings. The molecule has 126 valence electrons. The van der Waals surface area contributed by atoms with Crippen LogP contribution in [0, 0.1) is 5.82 Å². The third kappa shape index (κ3) is 3.74. The molecule has 4 nitrogen and oxygen atoms in total. The summed E-state index contributed by atoms with van der Waals surface area (Å²) in [6.07, 6.45) is 0. The molecule has 1 saturated heterocycles. The highest BCUT2D eigenvalue weighted by atomic mass is 19.1. The molecule has 0 spiro atoms. The van der Waals surface area contributed by atoms with Crippen molar-refractivity contribution in [3.63, 3.8) is 0 Å². The molecule has 24 heavy (non-hydrogen) atoms. The van der Waals surface area contributed by atoms with Crippen LogP contribution in [0.1, 0.15) is 12.5 Å². The fourth-order valence-electron chi connectivity index (χ4n) is 3.00. The Morgan fingerprint density at radius 3 is 2.29 bits per heavy atom. The highest BCUT2D eigenvalue weighted by molar-refractivity contribution is 5.73. The Morgan fingerprint density at radius 2 is 1.67 bits per heavy atom. The average molecular weight is 328 g/mol. The standard InChI is InChI=1S/C19H21FN2O2/c1-14(23)22-10-8-21(9-11-22)13-17-12-16(4-7-19(17)24)15-2-5-18(20)6-3-15/h2-7,12,24H,8-11,13H2,1H3. The number of rotatable bonds is 3. The second kappa shape index (κ2) is 7.01. The molecule has 1 amide bonds. The van der Waals surface area contributed by atoms with Crippen LogP contribution in [-0.4, -0.2) is 47.0 Å². The van der Waals surface area contributed by atoms with E-state index >= 15 is 0 Å². The number of aromatic hydroxyl groups is 1. The first-order valence-electron chi connectivity index (χ1n) is 8.08. The van der Waals surface area contributed by atoms with Gasteiger partial charge in [0.15, 0.2) is 0 Å². The predicted octanol–water partition coefficient (Wildman–Crippen LogP) is 2.86. The maximum Gasteiger partial charge on any atom is 0.219 e. The fraction of sp³-hybridized carbons (Fsp3) is 0.316. The number of phenols is 1. The maximum absolute atomic E-state index is 13.1. The molecule has 0 atom stereocenters. The molecule has 1 N–H and O–H groups in total. The fourth-order valence-corrected chi connectivity index (χ4v) is 3.00. The Hall–Kier alpha value is -2.40. The molecule has 3 rings (SSSR count). The van der Waals surface area contributed by atoms with Crippen molar-refractivity contribution in [2.45, 2.75) is 13.5 Å². The Labute approximate surface area is 141 Å². The Balaban J connectivity index is 1.73. The highest BCUT2D eigenvalue weighted by Crippen LogP contribution is 2.27. The number of benzene rings is 2. The second-order valence-electron chi connectivity index (χ2n) is 6.13. The van der Waals surface area contributed by atoms with E-state index in [1.165, 1.54) is 12.1 Å². The normalized spacial score (nSPS) is 15.5. The van der Waals surface area contributed by atoms with Crippen molar-refractivity contribution < 1.29 is 14.3 Å². The van der Waals surface area contributed by atoms with Gasteiger partial charge in [0, 0.05) is 45.2 Å². The smallest absolute Gasteiger partial charge is 0.219 e. The van der Waals surface area contributed by atoms with E-state index in [2.05, 4.69) is 4.90 Å². The number of halogens is 1. The lowest BCUT2D eigenvalue weighted by molar-refractivity contribution is -0.130. The van der Waals surface area contributed by atoms with Crippen LogP contribution < -0.4 is 0 Å². The minimum Gasteiger partial charge on any atom is -0.508 e. The van der Waals surface area contributed by atoms with Gasteiger partial charge < -0.3 is 10.0 Å². The van der Waals surface area contributed by atoms with Crippen LogP contribution in [0.5, 0.6) is 5.75 Å². The first kappa shape index (κ1) is 16.5. The van der Waals surface area contributed by atoms with Gasteiger partial charge in [-0.2, -0.15) is 0 Å². The third-order valence-corrected chi connectivity index (χ3v) is 4.47. The van der Waals surface area contributed by atoms with Crippen molar-refractivity contribution >= 4 is 5.91 Å². The quantitative estimate of drug-likeness (QED) is 0.942. The number of hydrogen-bond donors (Lipinski definition) is 1. The lowest BCUT2D eigenvalue weighted by atomic mass is 10.0. The van der Waals surface area contributed by atoms with Crippen molar-refractivity contribution in [1.82, 2.24) is 9.80 Å². The molecular formula is C19H21FN2O2. The summed E-state index contributed by atoms with van der Waals surface area (Å²) in [5.74, 6) is 0.103. The summed E-state index contributed by atoms with van der Waals surface area (Å²) in [7, 11) is 0. The molecule has 2 aromatic carbocycles. The van der Waals surface area contributed by atoms with Gasteiger partial charge in [0.2, 0.25) is 5.91 Å². The van der Waals surface area contributed by atoms with Crippen LogP contribution >= 0.6 is 0 Å². The van der Waals surface area contributed by atoms with Gasteiger partial charge in [-0.3, -0.25) is 9.69 Å². The van der Waals surface area contributed by atoms with Gasteiger partial charge in [0.1, 0.15) is 11.6 Å². The monoisotopic (exact) mass is 328 g/mol. The molecule has 0 radical (unpaired) electrons. The molecule has 1 aliphatic rings. The largest absolute Gasteiger partial charge is 0.508 e. The summed E-state index contributed by atoms with van der Waals surface area (Å²) in [5.41, 5.74) is 2.71. The van der Waals surface area contributed by atoms with E-state index in [9.17, 15) is 14.3 Å². The van der Waals surface area contributed by atoms with Crippen molar-refractivity contribution in [1.29, 1.82) is 0 Å². The lowest BCUT2D eigenvalue weighted by Gasteiger charge is -2.34. The summed E-state index contributed by atoms with van der Waals surface area (Å²) < 4.78 is 13.1. The van der Waals surface area contributed by atoms with Crippen LogP contribution in [0.2, 0.25) is 0 Å².